The van der Waals surface area contributed by atoms with Gasteiger partial charge in [-0.05, 0) is 20.8 Å². The van der Waals surface area contributed by atoms with Gasteiger partial charge in [-0.3, -0.25) is 0 Å². The van der Waals surface area contributed by atoms with Gasteiger partial charge in [0.1, 0.15) is 0 Å². The van der Waals surface area contributed by atoms with E-state index in [1.54, 1.807) is 17.4 Å². The highest BCUT2D eigenvalue weighted by Crippen LogP contribution is 1.96. The van der Waals surface area contributed by atoms with Crippen LogP contribution in [0.15, 0.2) is 10.2 Å². The smallest absolute Gasteiger partial charge is 0.0670 e. The lowest BCUT2D eigenvalue weighted by molar-refractivity contribution is 0.439. The molecule has 0 saturated carbocycles. The van der Waals surface area contributed by atoms with Crippen LogP contribution >= 0.6 is 0 Å². The molecule has 0 saturated heterocycles. The molecule has 0 radical (unpaired) electrons. The van der Waals surface area contributed by atoms with Crippen LogP contribution in [0.2, 0.25) is 0 Å². The molecule has 0 bridgehead atoms. The fraction of sp³-hybridized carbons (Fsp3) is 0.750. The highest BCUT2D eigenvalue weighted by Gasteiger charge is 2.04. The van der Waals surface area contributed by atoms with E-state index in [0.29, 0.717) is 0 Å². The Morgan fingerprint density at radius 1 is 1.17 bits per heavy atom. The summed E-state index contributed by atoms with van der Waals surface area (Å²) in [7, 11) is 3.73. The Morgan fingerprint density at radius 3 is 2.17 bits per heavy atom. The standard InChI is InChI=1S/C8H18N4/c1-8(2,3)11-9-6-7-10-12(4)5/h6-7,11H,1-5H3/b9-6+,10-7+. The molecule has 0 aromatic rings. The third-order valence-corrected chi connectivity index (χ3v) is 0.839. The summed E-state index contributed by atoms with van der Waals surface area (Å²) in [6, 6.07) is 0. The van der Waals surface area contributed by atoms with Gasteiger partial charge in [0.2, 0.25) is 0 Å². The van der Waals surface area contributed by atoms with Crippen LogP contribution in [0.25, 0.3) is 0 Å². The Morgan fingerprint density at radius 2 is 1.75 bits per heavy atom. The van der Waals surface area contributed by atoms with E-state index in [1.165, 1.54) is 0 Å². The summed E-state index contributed by atoms with van der Waals surface area (Å²) in [5, 5.41) is 9.64. The maximum atomic E-state index is 3.96. The average molecular weight is 170 g/mol. The summed E-state index contributed by atoms with van der Waals surface area (Å²) >= 11 is 0. The highest BCUT2D eigenvalue weighted by atomic mass is 15.4. The first kappa shape index (κ1) is 10.9. The summed E-state index contributed by atoms with van der Waals surface area (Å²) in [5.74, 6) is 0. The molecule has 0 heterocycles. The summed E-state index contributed by atoms with van der Waals surface area (Å²) in [6.07, 6.45) is 3.27. The Labute approximate surface area is 74.3 Å². The molecule has 0 rings (SSSR count). The Balaban J connectivity index is 3.64. The number of rotatable bonds is 3. The molecule has 0 fully saturated rings. The van der Waals surface area contributed by atoms with Gasteiger partial charge in [0, 0.05) is 19.6 Å². The molecule has 0 aliphatic heterocycles. The van der Waals surface area contributed by atoms with Crippen molar-refractivity contribution in [2.24, 2.45) is 10.2 Å². The zero-order valence-electron chi connectivity index (χ0n) is 8.50. The largest absolute Gasteiger partial charge is 0.305 e. The molecular formula is C8H18N4. The van der Waals surface area contributed by atoms with Crippen molar-refractivity contribution in [3.05, 3.63) is 0 Å². The van der Waals surface area contributed by atoms with Crippen LogP contribution < -0.4 is 5.43 Å². The normalized spacial score (nSPS) is 12.8. The van der Waals surface area contributed by atoms with Crippen LogP contribution in [-0.4, -0.2) is 37.1 Å². The van der Waals surface area contributed by atoms with E-state index < -0.39 is 0 Å². The predicted octanol–water partition coefficient (Wildman–Crippen LogP) is 0.908. The lowest BCUT2D eigenvalue weighted by atomic mass is 10.1. The SMILES string of the molecule is CN(C)/N=C/C=N/NC(C)(C)C. The lowest BCUT2D eigenvalue weighted by Gasteiger charge is -2.16. The van der Waals surface area contributed by atoms with Crippen LogP contribution in [0.1, 0.15) is 20.8 Å². The van der Waals surface area contributed by atoms with Crippen LogP contribution in [0.4, 0.5) is 0 Å². The Kier molecular flexibility index (Phi) is 4.33. The van der Waals surface area contributed by atoms with Crippen molar-refractivity contribution in [3.8, 4) is 0 Å². The quantitative estimate of drug-likeness (QED) is 0.505. The van der Waals surface area contributed by atoms with Crippen molar-refractivity contribution in [1.82, 2.24) is 10.4 Å². The summed E-state index contributed by atoms with van der Waals surface area (Å²) in [4.78, 5) is 0. The minimum atomic E-state index is 0.0163. The van der Waals surface area contributed by atoms with Crippen molar-refractivity contribution in [3.63, 3.8) is 0 Å². The zero-order valence-corrected chi connectivity index (χ0v) is 8.50. The number of nitrogens with one attached hydrogen (secondary N) is 1. The minimum absolute atomic E-state index is 0.0163. The first-order chi connectivity index (χ1) is 5.42. The molecule has 0 aromatic heterocycles. The molecule has 1 N–H and O–H groups in total. The van der Waals surface area contributed by atoms with Gasteiger partial charge in [-0.25, -0.2) is 0 Å². The molecular weight excluding hydrogens is 152 g/mol. The molecule has 0 spiro atoms. The van der Waals surface area contributed by atoms with Gasteiger partial charge in [-0.2, -0.15) is 10.2 Å². The summed E-state index contributed by atoms with van der Waals surface area (Å²) < 4.78 is 0. The van der Waals surface area contributed by atoms with Crippen molar-refractivity contribution in [1.29, 1.82) is 0 Å². The van der Waals surface area contributed by atoms with E-state index in [-0.39, 0.29) is 5.54 Å². The Hall–Kier alpha value is -1.06. The van der Waals surface area contributed by atoms with Gasteiger partial charge < -0.3 is 10.4 Å². The monoisotopic (exact) mass is 170 g/mol. The number of hydrazone groups is 2. The van der Waals surface area contributed by atoms with Gasteiger partial charge >= 0.3 is 0 Å². The fourth-order valence-electron chi connectivity index (χ4n) is 0.427. The van der Waals surface area contributed by atoms with Gasteiger partial charge in [0.15, 0.2) is 0 Å². The zero-order chi connectivity index (χ0) is 9.61. The minimum Gasteiger partial charge on any atom is -0.305 e. The first-order valence-corrected chi connectivity index (χ1v) is 3.92. The molecule has 12 heavy (non-hydrogen) atoms. The molecule has 0 atom stereocenters. The third-order valence-electron chi connectivity index (χ3n) is 0.839. The van der Waals surface area contributed by atoms with E-state index in [2.05, 4.69) is 15.6 Å². The number of nitrogens with zero attached hydrogens (tertiary/aromatic N) is 3. The third kappa shape index (κ3) is 8.94. The molecule has 0 aliphatic carbocycles. The predicted molar refractivity (Wildman–Crippen MR) is 53.6 cm³/mol. The fourth-order valence-corrected chi connectivity index (χ4v) is 0.427. The van der Waals surface area contributed by atoms with E-state index in [4.69, 9.17) is 0 Å². The second-order valence-electron chi connectivity index (χ2n) is 3.75. The van der Waals surface area contributed by atoms with Gasteiger partial charge in [-0.15, -0.1) is 0 Å². The highest BCUT2D eigenvalue weighted by molar-refractivity contribution is 6.15. The molecule has 4 nitrogen and oxygen atoms in total. The van der Waals surface area contributed by atoms with Crippen LogP contribution in [0, 0.1) is 0 Å². The molecule has 4 heteroatoms. The molecule has 0 aromatic carbocycles. The molecule has 70 valence electrons. The van der Waals surface area contributed by atoms with E-state index in [9.17, 15) is 0 Å². The Bertz CT molecular complexity index is 164. The van der Waals surface area contributed by atoms with Gasteiger partial charge in [0.25, 0.3) is 0 Å². The second-order valence-corrected chi connectivity index (χ2v) is 3.75. The molecule has 0 aliphatic rings. The van der Waals surface area contributed by atoms with Gasteiger partial charge in [-0.1, -0.05) is 0 Å². The maximum Gasteiger partial charge on any atom is 0.0670 e. The van der Waals surface area contributed by atoms with Gasteiger partial charge in [0.05, 0.1) is 12.4 Å². The van der Waals surface area contributed by atoms with Crippen molar-refractivity contribution < 1.29 is 0 Å². The maximum absolute atomic E-state index is 3.96. The van der Waals surface area contributed by atoms with Crippen LogP contribution in [-0.2, 0) is 0 Å². The van der Waals surface area contributed by atoms with Crippen LogP contribution in [0.3, 0.4) is 0 Å². The topological polar surface area (TPSA) is 40.0 Å². The number of hydrogen-bond acceptors (Lipinski definition) is 4. The lowest BCUT2D eigenvalue weighted by Crippen LogP contribution is -2.31. The molecule has 0 amide bonds. The van der Waals surface area contributed by atoms with E-state index >= 15 is 0 Å². The summed E-state index contributed by atoms with van der Waals surface area (Å²) in [6.45, 7) is 6.15. The first-order valence-electron chi connectivity index (χ1n) is 3.92. The molecule has 0 unspecified atom stereocenters. The van der Waals surface area contributed by atoms with Crippen molar-refractivity contribution >= 4 is 12.4 Å². The second kappa shape index (κ2) is 4.74. The van der Waals surface area contributed by atoms with Crippen molar-refractivity contribution in [2.45, 2.75) is 26.3 Å². The average Bonchev–Trinajstić information content (AvgIpc) is 1.83. The summed E-state index contributed by atoms with van der Waals surface area (Å²) in [5.41, 5.74) is 2.97. The van der Waals surface area contributed by atoms with Crippen molar-refractivity contribution in [2.75, 3.05) is 14.1 Å². The van der Waals surface area contributed by atoms with E-state index in [0.717, 1.165) is 0 Å². The number of hydrogen-bond donors (Lipinski definition) is 1. The van der Waals surface area contributed by atoms with Crippen LogP contribution in [0.5, 0.6) is 0 Å². The van der Waals surface area contributed by atoms with E-state index in [1.807, 2.05) is 34.9 Å².